The maximum Gasteiger partial charge on any atom is 0.336 e. The van der Waals surface area contributed by atoms with E-state index in [0.717, 1.165) is 50.5 Å². The van der Waals surface area contributed by atoms with Gasteiger partial charge in [0.05, 0.1) is 31.0 Å². The number of amides is 2. The molecule has 1 fully saturated rings. The zero-order valence-electron chi connectivity index (χ0n) is 22.3. The highest BCUT2D eigenvalue weighted by atomic mass is 16.5. The first-order chi connectivity index (χ1) is 16.7. The predicted molar refractivity (Wildman–Crippen MR) is 139 cm³/mol. The van der Waals surface area contributed by atoms with Crippen LogP contribution in [-0.2, 0) is 16.1 Å². The maximum atomic E-state index is 12.8. The zero-order valence-corrected chi connectivity index (χ0v) is 22.3. The molecule has 0 radical (unpaired) electrons. The van der Waals surface area contributed by atoms with Gasteiger partial charge in [-0.15, -0.1) is 0 Å². The second kappa shape index (κ2) is 15.1. The summed E-state index contributed by atoms with van der Waals surface area (Å²) < 4.78 is 12.3. The Balaban J connectivity index is 1.86. The number of aromatic carboxylic acids is 1. The van der Waals surface area contributed by atoms with Gasteiger partial charge < -0.3 is 24.8 Å². The molecular weight excluding hydrogens is 444 g/mol. The summed E-state index contributed by atoms with van der Waals surface area (Å²) in [6.07, 6.45) is 6.86. The quantitative estimate of drug-likeness (QED) is 0.323. The number of unbranched alkanes of at least 4 members (excludes halogenated alkanes) is 1. The standard InChI is InChI=1S/C28H46N2O5/c1-6-7-14-29-28(33)30(22(5)17-20(2)3)15-16-34-24-12-9-13-25(18-24)35-19-23-11-8-10-21(4)26(23)27(31)32/h8,10-11,20,22,24-25H,6-7,9,12-19H2,1-5H3,(H,29,33)(H,31,32). The fraction of sp³-hybridized carbons (Fsp3) is 0.714. The van der Waals surface area contributed by atoms with E-state index in [0.29, 0.717) is 43.3 Å². The number of carbonyl (C=O) groups is 2. The Hall–Kier alpha value is -2.12. The van der Waals surface area contributed by atoms with Crippen molar-refractivity contribution >= 4 is 12.0 Å². The molecule has 2 amide bonds. The number of carbonyl (C=O) groups excluding carboxylic acids is 1. The number of nitrogens with zero attached hydrogens (tertiary/aromatic N) is 1. The average Bonchev–Trinajstić information content (AvgIpc) is 2.80. The van der Waals surface area contributed by atoms with Gasteiger partial charge in [0.15, 0.2) is 0 Å². The highest BCUT2D eigenvalue weighted by Crippen LogP contribution is 2.25. The molecule has 35 heavy (non-hydrogen) atoms. The molecule has 0 saturated heterocycles. The number of nitrogens with one attached hydrogen (secondary N) is 1. The SMILES string of the molecule is CCCCNC(=O)N(CCOC1CCCC(OCc2cccc(C)c2C(=O)O)C1)C(C)CC(C)C. The average molecular weight is 491 g/mol. The van der Waals surface area contributed by atoms with E-state index in [1.54, 1.807) is 0 Å². The van der Waals surface area contributed by atoms with Crippen molar-refractivity contribution in [2.75, 3.05) is 19.7 Å². The Kier molecular flexibility index (Phi) is 12.6. The molecular formula is C28H46N2O5. The van der Waals surface area contributed by atoms with Crippen LogP contribution in [0.1, 0.15) is 94.1 Å². The summed E-state index contributed by atoms with van der Waals surface area (Å²) in [5.41, 5.74) is 1.80. The minimum absolute atomic E-state index is 0.00700. The van der Waals surface area contributed by atoms with Crippen LogP contribution in [0.25, 0.3) is 0 Å². The first kappa shape index (κ1) is 29.1. The molecule has 0 aromatic heterocycles. The summed E-state index contributed by atoms with van der Waals surface area (Å²) in [4.78, 5) is 26.3. The van der Waals surface area contributed by atoms with E-state index in [-0.39, 0.29) is 24.3 Å². The minimum atomic E-state index is -0.915. The Morgan fingerprint density at radius 1 is 1.17 bits per heavy atom. The van der Waals surface area contributed by atoms with Crippen molar-refractivity contribution in [1.82, 2.24) is 10.2 Å². The van der Waals surface area contributed by atoms with Crippen LogP contribution in [0, 0.1) is 12.8 Å². The third-order valence-electron chi connectivity index (χ3n) is 6.72. The molecule has 7 heteroatoms. The summed E-state index contributed by atoms with van der Waals surface area (Å²) >= 11 is 0. The second-order valence-corrected chi connectivity index (χ2v) is 10.3. The second-order valence-electron chi connectivity index (χ2n) is 10.3. The fourth-order valence-corrected chi connectivity index (χ4v) is 4.89. The summed E-state index contributed by atoms with van der Waals surface area (Å²) in [5, 5.41) is 12.6. The third kappa shape index (κ3) is 9.80. The van der Waals surface area contributed by atoms with Gasteiger partial charge in [0.1, 0.15) is 0 Å². The van der Waals surface area contributed by atoms with E-state index < -0.39 is 5.97 Å². The highest BCUT2D eigenvalue weighted by molar-refractivity contribution is 5.91. The number of urea groups is 1. The number of ether oxygens (including phenoxy) is 2. The number of carboxylic acids is 1. The molecule has 198 valence electrons. The van der Waals surface area contributed by atoms with Crippen LogP contribution in [0.2, 0.25) is 0 Å². The van der Waals surface area contributed by atoms with Gasteiger partial charge in [-0.2, -0.15) is 0 Å². The van der Waals surface area contributed by atoms with Crippen molar-refractivity contribution in [3.05, 3.63) is 34.9 Å². The number of hydrogen-bond donors (Lipinski definition) is 2. The number of hydrogen-bond acceptors (Lipinski definition) is 4. The monoisotopic (exact) mass is 490 g/mol. The predicted octanol–water partition coefficient (Wildman–Crippen LogP) is 5.78. The zero-order chi connectivity index (χ0) is 25.8. The van der Waals surface area contributed by atoms with Gasteiger partial charge in [0.2, 0.25) is 0 Å². The molecule has 1 aromatic carbocycles. The molecule has 2 N–H and O–H groups in total. The molecule has 0 bridgehead atoms. The largest absolute Gasteiger partial charge is 0.478 e. The lowest BCUT2D eigenvalue weighted by Crippen LogP contribution is -2.47. The number of benzene rings is 1. The van der Waals surface area contributed by atoms with Gasteiger partial charge in [-0.3, -0.25) is 0 Å². The summed E-state index contributed by atoms with van der Waals surface area (Å²) in [5.74, 6) is -0.398. The smallest absolute Gasteiger partial charge is 0.336 e. The fourth-order valence-electron chi connectivity index (χ4n) is 4.89. The lowest BCUT2D eigenvalue weighted by molar-refractivity contribution is -0.0534. The Morgan fingerprint density at radius 3 is 2.54 bits per heavy atom. The minimum Gasteiger partial charge on any atom is -0.478 e. The Bertz CT molecular complexity index is 798. The van der Waals surface area contributed by atoms with E-state index >= 15 is 0 Å². The van der Waals surface area contributed by atoms with Gasteiger partial charge in [0, 0.05) is 19.1 Å². The van der Waals surface area contributed by atoms with Gasteiger partial charge >= 0.3 is 12.0 Å². The van der Waals surface area contributed by atoms with Gasteiger partial charge in [0.25, 0.3) is 0 Å². The summed E-state index contributed by atoms with van der Waals surface area (Å²) in [6, 6.07) is 5.66. The van der Waals surface area contributed by atoms with Crippen molar-refractivity contribution in [3.8, 4) is 0 Å². The summed E-state index contributed by atoms with van der Waals surface area (Å²) in [7, 11) is 0. The third-order valence-corrected chi connectivity index (χ3v) is 6.72. The molecule has 1 aromatic rings. The van der Waals surface area contributed by atoms with Crippen molar-refractivity contribution in [2.45, 2.75) is 104 Å². The molecule has 2 rings (SSSR count). The topological polar surface area (TPSA) is 88.1 Å². The molecule has 0 aliphatic heterocycles. The van der Waals surface area contributed by atoms with Crippen LogP contribution in [-0.4, -0.2) is 60.0 Å². The molecule has 3 unspecified atom stereocenters. The molecule has 1 aliphatic rings. The van der Waals surface area contributed by atoms with E-state index in [9.17, 15) is 14.7 Å². The van der Waals surface area contributed by atoms with E-state index in [1.807, 2.05) is 30.0 Å². The van der Waals surface area contributed by atoms with E-state index in [2.05, 4.69) is 33.0 Å². The van der Waals surface area contributed by atoms with Crippen molar-refractivity contribution < 1.29 is 24.2 Å². The van der Waals surface area contributed by atoms with Crippen molar-refractivity contribution in [1.29, 1.82) is 0 Å². The maximum absolute atomic E-state index is 12.8. The van der Waals surface area contributed by atoms with Crippen LogP contribution in [0.4, 0.5) is 4.79 Å². The van der Waals surface area contributed by atoms with Gasteiger partial charge in [-0.1, -0.05) is 45.4 Å². The normalized spacial score (nSPS) is 18.9. The van der Waals surface area contributed by atoms with Crippen molar-refractivity contribution in [3.63, 3.8) is 0 Å². The lowest BCUT2D eigenvalue weighted by Gasteiger charge is -2.33. The van der Waals surface area contributed by atoms with Gasteiger partial charge in [-0.25, -0.2) is 9.59 Å². The number of aryl methyl sites for hydroxylation is 1. The van der Waals surface area contributed by atoms with Crippen LogP contribution >= 0.6 is 0 Å². The van der Waals surface area contributed by atoms with Gasteiger partial charge in [-0.05, 0) is 69.4 Å². The highest BCUT2D eigenvalue weighted by Gasteiger charge is 2.25. The Morgan fingerprint density at radius 2 is 1.89 bits per heavy atom. The van der Waals surface area contributed by atoms with E-state index in [1.165, 1.54) is 0 Å². The van der Waals surface area contributed by atoms with E-state index in [4.69, 9.17) is 9.47 Å². The van der Waals surface area contributed by atoms with Crippen LogP contribution in [0.5, 0.6) is 0 Å². The summed E-state index contributed by atoms with van der Waals surface area (Å²) in [6.45, 7) is 12.5. The number of carboxylic acid groups (broad SMARTS) is 1. The molecule has 7 nitrogen and oxygen atoms in total. The van der Waals surface area contributed by atoms with Crippen molar-refractivity contribution in [2.24, 2.45) is 5.92 Å². The lowest BCUT2D eigenvalue weighted by atomic mass is 9.94. The van der Waals surface area contributed by atoms with Crippen LogP contribution in [0.15, 0.2) is 18.2 Å². The number of rotatable bonds is 14. The first-order valence-electron chi connectivity index (χ1n) is 13.3. The van der Waals surface area contributed by atoms with Crippen LogP contribution < -0.4 is 5.32 Å². The molecule has 1 aliphatic carbocycles. The first-order valence-corrected chi connectivity index (χ1v) is 13.3. The molecule has 3 atom stereocenters. The molecule has 0 heterocycles. The molecule has 1 saturated carbocycles. The Labute approximate surface area is 211 Å². The molecule has 0 spiro atoms. The van der Waals surface area contributed by atoms with Crippen LogP contribution in [0.3, 0.4) is 0 Å².